The molecule has 1 heterocycles. The van der Waals surface area contributed by atoms with Crippen molar-refractivity contribution in [3.05, 3.63) is 64.2 Å². The topological polar surface area (TPSA) is 51.2 Å². The lowest BCUT2D eigenvalue weighted by Crippen LogP contribution is -2.12. The first-order chi connectivity index (χ1) is 12.4. The molecule has 0 saturated carbocycles. The van der Waals surface area contributed by atoms with Crippen LogP contribution in [0.25, 0.3) is 10.6 Å². The number of carbonyl (C=O) groups is 1. The summed E-state index contributed by atoms with van der Waals surface area (Å²) in [7, 11) is 1.51. The number of nitrogens with zero attached hydrogens (tertiary/aromatic N) is 1. The number of benzene rings is 2. The molecular formula is C19H16F2N2O2S. The summed E-state index contributed by atoms with van der Waals surface area (Å²) in [4.78, 5) is 17.1. The van der Waals surface area contributed by atoms with E-state index in [9.17, 15) is 13.6 Å². The lowest BCUT2D eigenvalue weighted by Gasteiger charge is -2.10. The molecule has 2 aromatic carbocycles. The molecule has 1 amide bonds. The number of aromatic nitrogens is 1. The largest absolute Gasteiger partial charge is 0.495 e. The number of carbonyl (C=O) groups excluding carboxylic acids is 1. The van der Waals surface area contributed by atoms with Crippen LogP contribution in [0.2, 0.25) is 0 Å². The second-order valence-electron chi connectivity index (χ2n) is 5.69. The summed E-state index contributed by atoms with van der Waals surface area (Å²) >= 11 is 0.942. The van der Waals surface area contributed by atoms with Crippen LogP contribution >= 0.6 is 11.3 Å². The normalized spacial score (nSPS) is 10.7. The van der Waals surface area contributed by atoms with E-state index in [2.05, 4.69) is 10.3 Å². The molecule has 3 rings (SSSR count). The molecule has 26 heavy (non-hydrogen) atoms. The maximum atomic E-state index is 14.0. The number of hydrogen-bond donors (Lipinski definition) is 1. The van der Waals surface area contributed by atoms with Crippen LogP contribution in [0.3, 0.4) is 0 Å². The van der Waals surface area contributed by atoms with Crippen molar-refractivity contribution in [3.8, 4) is 16.3 Å². The maximum absolute atomic E-state index is 14.0. The van der Waals surface area contributed by atoms with E-state index in [1.807, 2.05) is 13.0 Å². The molecule has 0 radical (unpaired) electrons. The quantitative estimate of drug-likeness (QED) is 0.702. The van der Waals surface area contributed by atoms with E-state index in [1.165, 1.54) is 13.2 Å². The molecule has 0 aliphatic carbocycles. The van der Waals surface area contributed by atoms with Gasteiger partial charge in [-0.15, -0.1) is 11.3 Å². The highest BCUT2D eigenvalue weighted by atomic mass is 32.1. The summed E-state index contributed by atoms with van der Waals surface area (Å²) in [5.74, 6) is -1.32. The van der Waals surface area contributed by atoms with Gasteiger partial charge < -0.3 is 10.1 Å². The van der Waals surface area contributed by atoms with Gasteiger partial charge >= 0.3 is 0 Å². The van der Waals surface area contributed by atoms with Gasteiger partial charge in [-0.3, -0.25) is 4.79 Å². The smallest absolute Gasteiger partial charge is 0.267 e. The Morgan fingerprint density at radius 1 is 1.15 bits per heavy atom. The average Bonchev–Trinajstić information content (AvgIpc) is 2.96. The van der Waals surface area contributed by atoms with Gasteiger partial charge in [0.25, 0.3) is 5.91 Å². The van der Waals surface area contributed by atoms with Crippen molar-refractivity contribution in [3.63, 3.8) is 0 Å². The van der Waals surface area contributed by atoms with Gasteiger partial charge in [-0.1, -0.05) is 12.1 Å². The summed E-state index contributed by atoms with van der Waals surface area (Å²) in [6.07, 6.45) is 0. The zero-order valence-corrected chi connectivity index (χ0v) is 15.2. The molecule has 134 valence electrons. The molecule has 0 aliphatic rings. The van der Waals surface area contributed by atoms with Crippen LogP contribution in [0.4, 0.5) is 14.5 Å². The van der Waals surface area contributed by atoms with Crippen LogP contribution in [0.1, 0.15) is 20.9 Å². The van der Waals surface area contributed by atoms with E-state index in [4.69, 9.17) is 4.74 Å². The minimum absolute atomic E-state index is 0.124. The highest BCUT2D eigenvalue weighted by Gasteiger charge is 2.21. The Morgan fingerprint density at radius 3 is 2.50 bits per heavy atom. The molecular weight excluding hydrogens is 358 g/mol. The van der Waals surface area contributed by atoms with E-state index in [1.54, 1.807) is 19.1 Å². The van der Waals surface area contributed by atoms with Crippen molar-refractivity contribution < 1.29 is 18.3 Å². The predicted molar refractivity (Wildman–Crippen MR) is 97.9 cm³/mol. The zero-order chi connectivity index (χ0) is 18.8. The first-order valence-corrected chi connectivity index (χ1v) is 8.60. The fraction of sp³-hybridized carbons (Fsp3) is 0.158. The lowest BCUT2D eigenvalue weighted by atomic mass is 10.2. The zero-order valence-electron chi connectivity index (χ0n) is 14.4. The molecule has 3 aromatic rings. The van der Waals surface area contributed by atoms with Crippen molar-refractivity contribution in [1.29, 1.82) is 0 Å². The molecule has 1 N–H and O–H groups in total. The lowest BCUT2D eigenvalue weighted by molar-refractivity contribution is 0.102. The van der Waals surface area contributed by atoms with E-state index in [-0.39, 0.29) is 15.4 Å². The van der Waals surface area contributed by atoms with E-state index in [0.29, 0.717) is 17.1 Å². The van der Waals surface area contributed by atoms with Crippen LogP contribution in [0.5, 0.6) is 5.75 Å². The molecule has 0 aliphatic heterocycles. The highest BCUT2D eigenvalue weighted by molar-refractivity contribution is 7.17. The molecule has 0 atom stereocenters. The molecule has 0 unspecified atom stereocenters. The molecule has 1 aromatic heterocycles. The summed E-state index contributed by atoms with van der Waals surface area (Å²) in [6, 6.07) is 9.01. The van der Waals surface area contributed by atoms with E-state index < -0.39 is 17.5 Å². The fourth-order valence-electron chi connectivity index (χ4n) is 2.51. The van der Waals surface area contributed by atoms with Crippen molar-refractivity contribution in [1.82, 2.24) is 4.98 Å². The molecule has 4 nitrogen and oxygen atoms in total. The number of ether oxygens (including phenoxy) is 1. The Kier molecular flexibility index (Phi) is 4.99. The van der Waals surface area contributed by atoms with Crippen molar-refractivity contribution in [2.45, 2.75) is 13.8 Å². The minimum Gasteiger partial charge on any atom is -0.495 e. The summed E-state index contributed by atoms with van der Waals surface area (Å²) in [6.45, 7) is 3.52. The van der Waals surface area contributed by atoms with E-state index in [0.717, 1.165) is 29.0 Å². The number of anilines is 1. The summed E-state index contributed by atoms with van der Waals surface area (Å²) in [5, 5.41) is 2.90. The van der Waals surface area contributed by atoms with Crippen molar-refractivity contribution >= 4 is 22.9 Å². The monoisotopic (exact) mass is 374 g/mol. The SMILES string of the molecule is COc1ccc(C)cc1NC(=O)c1sc(-c2c(F)cccc2F)nc1C. The van der Waals surface area contributed by atoms with Crippen LogP contribution in [-0.2, 0) is 0 Å². The molecule has 0 saturated heterocycles. The summed E-state index contributed by atoms with van der Waals surface area (Å²) < 4.78 is 33.2. The Balaban J connectivity index is 1.95. The Labute approximate surface area is 153 Å². The third-order valence-corrected chi connectivity index (χ3v) is 4.96. The second kappa shape index (κ2) is 7.21. The molecule has 0 spiro atoms. The van der Waals surface area contributed by atoms with Crippen LogP contribution in [-0.4, -0.2) is 18.0 Å². The van der Waals surface area contributed by atoms with Crippen LogP contribution < -0.4 is 10.1 Å². The van der Waals surface area contributed by atoms with Gasteiger partial charge in [-0.05, 0) is 43.7 Å². The third-order valence-electron chi connectivity index (χ3n) is 3.78. The van der Waals surface area contributed by atoms with Crippen LogP contribution in [0.15, 0.2) is 36.4 Å². The number of halogens is 2. The van der Waals surface area contributed by atoms with Gasteiger partial charge in [0, 0.05) is 0 Å². The van der Waals surface area contributed by atoms with Crippen LogP contribution in [0, 0.1) is 25.5 Å². The minimum atomic E-state index is -0.717. The molecule has 0 fully saturated rings. The molecule has 7 heteroatoms. The fourth-order valence-corrected chi connectivity index (χ4v) is 3.52. The van der Waals surface area contributed by atoms with Gasteiger partial charge in [0.2, 0.25) is 0 Å². The number of thiazole rings is 1. The number of rotatable bonds is 4. The Morgan fingerprint density at radius 2 is 1.85 bits per heavy atom. The summed E-state index contributed by atoms with van der Waals surface area (Å²) in [5.41, 5.74) is 1.64. The standard InChI is InChI=1S/C19H16F2N2O2S/c1-10-7-8-15(25-3)14(9-10)23-18(24)17-11(2)22-19(26-17)16-12(20)5-4-6-13(16)21/h4-9H,1-3H3,(H,23,24). The first kappa shape index (κ1) is 18.0. The van der Waals surface area contributed by atoms with Crippen molar-refractivity contribution in [2.24, 2.45) is 0 Å². The average molecular weight is 374 g/mol. The number of nitrogens with one attached hydrogen (secondary N) is 1. The van der Waals surface area contributed by atoms with Gasteiger partial charge in [0.1, 0.15) is 27.3 Å². The van der Waals surface area contributed by atoms with Gasteiger partial charge in [0.05, 0.1) is 24.1 Å². The molecule has 0 bridgehead atoms. The number of methoxy groups -OCH3 is 1. The number of amides is 1. The second-order valence-corrected chi connectivity index (χ2v) is 6.69. The van der Waals surface area contributed by atoms with E-state index >= 15 is 0 Å². The predicted octanol–water partition coefficient (Wildman–Crippen LogP) is 4.97. The Hall–Kier alpha value is -2.80. The number of hydrogen-bond acceptors (Lipinski definition) is 4. The van der Waals surface area contributed by atoms with Gasteiger partial charge in [0.15, 0.2) is 0 Å². The maximum Gasteiger partial charge on any atom is 0.267 e. The van der Waals surface area contributed by atoms with Gasteiger partial charge in [-0.2, -0.15) is 0 Å². The van der Waals surface area contributed by atoms with Crippen molar-refractivity contribution in [2.75, 3.05) is 12.4 Å². The number of aryl methyl sites for hydroxylation is 2. The van der Waals surface area contributed by atoms with Gasteiger partial charge in [-0.25, -0.2) is 13.8 Å². The first-order valence-electron chi connectivity index (χ1n) is 7.78. The highest BCUT2D eigenvalue weighted by Crippen LogP contribution is 2.33. The Bertz CT molecular complexity index is 965. The third kappa shape index (κ3) is 3.43.